The highest BCUT2D eigenvalue weighted by Gasteiger charge is 2.30. The molecule has 0 radical (unpaired) electrons. The van der Waals surface area contributed by atoms with Gasteiger partial charge in [-0.15, -0.1) is 0 Å². The normalized spacial score (nSPS) is 20.2. The SMILES string of the molecule is O=C1CC(Nc2ccncc2Br)C(=O)N1. The number of carbonyl (C=O) groups is 2. The van der Waals surface area contributed by atoms with Gasteiger partial charge in [0.1, 0.15) is 6.04 Å². The van der Waals surface area contributed by atoms with Crippen LogP contribution in [0.15, 0.2) is 22.9 Å². The van der Waals surface area contributed by atoms with Gasteiger partial charge < -0.3 is 5.32 Å². The molecule has 6 heteroatoms. The Kier molecular flexibility index (Phi) is 2.68. The molecule has 15 heavy (non-hydrogen) atoms. The lowest BCUT2D eigenvalue weighted by atomic mass is 10.2. The molecule has 0 bridgehead atoms. The predicted octanol–water partition coefficient (Wildman–Crippen LogP) is 0.671. The molecular weight excluding hydrogens is 262 g/mol. The molecule has 2 rings (SSSR count). The number of halogens is 1. The molecule has 1 unspecified atom stereocenters. The second-order valence-corrected chi connectivity index (χ2v) is 4.02. The molecule has 2 heterocycles. The van der Waals surface area contributed by atoms with E-state index in [2.05, 4.69) is 31.5 Å². The van der Waals surface area contributed by atoms with E-state index in [-0.39, 0.29) is 18.2 Å². The van der Waals surface area contributed by atoms with E-state index in [4.69, 9.17) is 0 Å². The van der Waals surface area contributed by atoms with Crippen LogP contribution < -0.4 is 10.6 Å². The molecular formula is C9H8BrN3O2. The summed E-state index contributed by atoms with van der Waals surface area (Å²) in [5.41, 5.74) is 0.750. The van der Waals surface area contributed by atoms with Gasteiger partial charge in [0, 0.05) is 12.4 Å². The van der Waals surface area contributed by atoms with Crippen molar-refractivity contribution in [2.45, 2.75) is 12.5 Å². The van der Waals surface area contributed by atoms with Gasteiger partial charge in [0.15, 0.2) is 0 Å². The van der Waals surface area contributed by atoms with Crippen molar-refractivity contribution in [2.24, 2.45) is 0 Å². The number of nitrogens with one attached hydrogen (secondary N) is 2. The zero-order valence-corrected chi connectivity index (χ0v) is 9.24. The summed E-state index contributed by atoms with van der Waals surface area (Å²) in [5, 5.41) is 5.20. The number of amides is 2. The largest absolute Gasteiger partial charge is 0.372 e. The molecule has 1 aromatic heterocycles. The van der Waals surface area contributed by atoms with Crippen molar-refractivity contribution < 1.29 is 9.59 Å². The highest BCUT2D eigenvalue weighted by molar-refractivity contribution is 9.10. The molecule has 5 nitrogen and oxygen atoms in total. The lowest BCUT2D eigenvalue weighted by Gasteiger charge is -2.11. The van der Waals surface area contributed by atoms with E-state index in [0.29, 0.717) is 0 Å². The Morgan fingerprint density at radius 1 is 1.53 bits per heavy atom. The van der Waals surface area contributed by atoms with Gasteiger partial charge in [-0.25, -0.2) is 0 Å². The van der Waals surface area contributed by atoms with E-state index in [1.54, 1.807) is 18.5 Å². The summed E-state index contributed by atoms with van der Waals surface area (Å²) >= 11 is 3.30. The van der Waals surface area contributed by atoms with E-state index in [1.807, 2.05) is 0 Å². The maximum atomic E-state index is 11.3. The maximum Gasteiger partial charge on any atom is 0.249 e. The average molecular weight is 270 g/mol. The van der Waals surface area contributed by atoms with Crippen molar-refractivity contribution in [3.05, 3.63) is 22.9 Å². The zero-order valence-electron chi connectivity index (χ0n) is 7.66. The molecule has 1 fully saturated rings. The van der Waals surface area contributed by atoms with E-state index in [1.165, 1.54) is 0 Å². The Morgan fingerprint density at radius 2 is 2.33 bits per heavy atom. The zero-order chi connectivity index (χ0) is 10.8. The second-order valence-electron chi connectivity index (χ2n) is 3.17. The minimum absolute atomic E-state index is 0.174. The summed E-state index contributed by atoms with van der Waals surface area (Å²) in [7, 11) is 0. The summed E-state index contributed by atoms with van der Waals surface area (Å²) in [5.74, 6) is -0.536. The summed E-state index contributed by atoms with van der Waals surface area (Å²) in [6.07, 6.45) is 3.41. The number of nitrogens with zero attached hydrogens (tertiary/aromatic N) is 1. The molecule has 0 saturated carbocycles. The third-order valence-corrected chi connectivity index (χ3v) is 2.70. The van der Waals surface area contributed by atoms with Crippen molar-refractivity contribution in [2.75, 3.05) is 5.32 Å². The van der Waals surface area contributed by atoms with E-state index >= 15 is 0 Å². The van der Waals surface area contributed by atoms with Crippen LogP contribution in [0.25, 0.3) is 0 Å². The van der Waals surface area contributed by atoms with Gasteiger partial charge in [-0.1, -0.05) is 0 Å². The molecule has 1 aromatic rings. The molecule has 2 amide bonds. The van der Waals surface area contributed by atoms with Crippen molar-refractivity contribution >= 4 is 33.4 Å². The van der Waals surface area contributed by atoms with Crippen LogP contribution in [0.5, 0.6) is 0 Å². The third kappa shape index (κ3) is 2.15. The van der Waals surface area contributed by atoms with Gasteiger partial charge in [0.2, 0.25) is 11.8 Å². The first-order chi connectivity index (χ1) is 7.16. The summed E-state index contributed by atoms with van der Waals surface area (Å²) in [6, 6.07) is 1.25. The summed E-state index contributed by atoms with van der Waals surface area (Å²) in [4.78, 5) is 26.1. The fraction of sp³-hybridized carbons (Fsp3) is 0.222. The fourth-order valence-electron chi connectivity index (χ4n) is 1.35. The van der Waals surface area contributed by atoms with Gasteiger partial charge in [-0.05, 0) is 22.0 Å². The number of rotatable bonds is 2. The van der Waals surface area contributed by atoms with Gasteiger partial charge in [-0.3, -0.25) is 19.9 Å². The first-order valence-electron chi connectivity index (χ1n) is 4.36. The number of aromatic nitrogens is 1. The minimum atomic E-state index is -0.490. The molecule has 1 saturated heterocycles. The molecule has 2 N–H and O–H groups in total. The number of pyridine rings is 1. The molecule has 0 aromatic carbocycles. The second kappa shape index (κ2) is 3.98. The Morgan fingerprint density at radius 3 is 2.93 bits per heavy atom. The maximum absolute atomic E-state index is 11.3. The topological polar surface area (TPSA) is 71.1 Å². The smallest absolute Gasteiger partial charge is 0.249 e. The van der Waals surface area contributed by atoms with Crippen LogP contribution in [0.1, 0.15) is 6.42 Å². The van der Waals surface area contributed by atoms with Crippen LogP contribution >= 0.6 is 15.9 Å². The van der Waals surface area contributed by atoms with Gasteiger partial charge in [0.25, 0.3) is 0 Å². The van der Waals surface area contributed by atoms with Crippen molar-refractivity contribution in [1.82, 2.24) is 10.3 Å². The Hall–Kier alpha value is -1.43. The quantitative estimate of drug-likeness (QED) is 0.775. The molecule has 0 aliphatic carbocycles. The molecule has 1 atom stereocenters. The van der Waals surface area contributed by atoms with Crippen LogP contribution in [0.3, 0.4) is 0 Å². The Balaban J connectivity index is 2.13. The van der Waals surface area contributed by atoms with Crippen LogP contribution in [-0.4, -0.2) is 22.8 Å². The number of hydrogen-bond acceptors (Lipinski definition) is 4. The minimum Gasteiger partial charge on any atom is -0.372 e. The highest BCUT2D eigenvalue weighted by atomic mass is 79.9. The lowest BCUT2D eigenvalue weighted by Crippen LogP contribution is -2.30. The van der Waals surface area contributed by atoms with Gasteiger partial charge in [0.05, 0.1) is 16.6 Å². The monoisotopic (exact) mass is 269 g/mol. The Bertz CT molecular complexity index is 422. The first-order valence-corrected chi connectivity index (χ1v) is 5.16. The summed E-state index contributed by atoms with van der Waals surface area (Å²) < 4.78 is 0.761. The molecule has 1 aliphatic rings. The standard InChI is InChI=1S/C9H8BrN3O2/c10-5-4-11-2-1-6(5)12-7-3-8(14)13-9(7)15/h1-2,4,7H,3H2,(H,11,12)(H,13,14,15). The first kappa shape index (κ1) is 10.1. The van der Waals surface area contributed by atoms with Crippen molar-refractivity contribution in [1.29, 1.82) is 0 Å². The van der Waals surface area contributed by atoms with Gasteiger partial charge in [-0.2, -0.15) is 0 Å². The van der Waals surface area contributed by atoms with E-state index < -0.39 is 6.04 Å². The molecule has 1 aliphatic heterocycles. The number of carbonyl (C=O) groups excluding carboxylic acids is 2. The fourth-order valence-corrected chi connectivity index (χ4v) is 1.72. The van der Waals surface area contributed by atoms with E-state index in [9.17, 15) is 9.59 Å². The van der Waals surface area contributed by atoms with Crippen LogP contribution in [-0.2, 0) is 9.59 Å². The van der Waals surface area contributed by atoms with Crippen molar-refractivity contribution in [3.8, 4) is 0 Å². The van der Waals surface area contributed by atoms with Crippen molar-refractivity contribution in [3.63, 3.8) is 0 Å². The highest BCUT2D eigenvalue weighted by Crippen LogP contribution is 2.22. The van der Waals surface area contributed by atoms with Gasteiger partial charge >= 0.3 is 0 Å². The third-order valence-electron chi connectivity index (χ3n) is 2.07. The van der Waals surface area contributed by atoms with Crippen LogP contribution in [0.2, 0.25) is 0 Å². The average Bonchev–Trinajstić information content (AvgIpc) is 2.49. The van der Waals surface area contributed by atoms with Crippen LogP contribution in [0.4, 0.5) is 5.69 Å². The molecule has 78 valence electrons. The lowest BCUT2D eigenvalue weighted by molar-refractivity contribution is -0.124. The van der Waals surface area contributed by atoms with Crippen LogP contribution in [0, 0.1) is 0 Å². The predicted molar refractivity (Wildman–Crippen MR) is 57.1 cm³/mol. The molecule has 0 spiro atoms. The van der Waals surface area contributed by atoms with E-state index in [0.717, 1.165) is 10.2 Å². The number of imide groups is 1. The number of anilines is 1. The Labute approximate surface area is 94.4 Å². The summed E-state index contributed by atoms with van der Waals surface area (Å²) in [6.45, 7) is 0. The number of hydrogen-bond donors (Lipinski definition) is 2.